The van der Waals surface area contributed by atoms with Gasteiger partial charge in [-0.1, -0.05) is 24.3 Å². The molecular weight excluding hydrogens is 600 g/mol. The van der Waals surface area contributed by atoms with Crippen molar-refractivity contribution in [2.75, 3.05) is 0 Å². The number of H-pyrrole nitrogens is 2. The van der Waals surface area contributed by atoms with E-state index in [9.17, 15) is 45.7 Å². The predicted octanol–water partition coefficient (Wildman–Crippen LogP) is 2.76. The molecule has 0 aliphatic rings. The van der Waals surface area contributed by atoms with Crippen molar-refractivity contribution in [3.63, 3.8) is 0 Å². The average Bonchev–Trinajstić information content (AvgIpc) is 2.91. The monoisotopic (exact) mass is 616 g/mol. The zero-order chi connectivity index (χ0) is 30.7. The third-order valence-corrected chi connectivity index (χ3v) is 6.96. The Morgan fingerprint density at radius 1 is 0.643 bits per heavy atom. The van der Waals surface area contributed by atoms with Crippen LogP contribution in [0.25, 0.3) is 12.2 Å². The molecule has 18 nitrogen and oxygen atoms in total. The SMILES string of the molecule is O=c1[nH]cnc(O)c1N=Nc1ccc(C=Cc2ccc(N=Nc3c(O)nc[nH]c3=O)cc2S(=O)(=O)O)c(S(=O)(=O)O)c1. The highest BCUT2D eigenvalue weighted by atomic mass is 32.2. The van der Waals surface area contributed by atoms with E-state index in [4.69, 9.17) is 0 Å². The molecule has 0 atom stereocenters. The second-order valence-electron chi connectivity index (χ2n) is 7.94. The number of aromatic amines is 2. The molecule has 0 aliphatic heterocycles. The molecule has 42 heavy (non-hydrogen) atoms. The fourth-order valence-electron chi connectivity index (χ4n) is 3.23. The number of benzene rings is 2. The molecule has 0 amide bonds. The smallest absolute Gasteiger partial charge is 0.295 e. The Kier molecular flexibility index (Phi) is 8.15. The Hall–Kier alpha value is -5.44. The molecule has 4 aromatic rings. The van der Waals surface area contributed by atoms with Crippen molar-refractivity contribution >= 4 is 55.1 Å². The van der Waals surface area contributed by atoms with Crippen LogP contribution in [-0.4, -0.2) is 56.1 Å². The highest BCUT2D eigenvalue weighted by Gasteiger charge is 2.18. The zero-order valence-electron chi connectivity index (χ0n) is 20.5. The first-order valence-corrected chi connectivity index (χ1v) is 13.9. The van der Waals surface area contributed by atoms with Gasteiger partial charge in [0.25, 0.3) is 31.4 Å². The number of hydrogen-bond donors (Lipinski definition) is 6. The Labute approximate surface area is 234 Å². The maximum Gasteiger partial charge on any atom is 0.295 e. The van der Waals surface area contributed by atoms with Crippen molar-refractivity contribution in [2.24, 2.45) is 20.5 Å². The number of nitrogens with zero attached hydrogens (tertiary/aromatic N) is 6. The van der Waals surface area contributed by atoms with Crippen molar-refractivity contribution in [3.05, 3.63) is 80.9 Å². The molecule has 2 heterocycles. The summed E-state index contributed by atoms with van der Waals surface area (Å²) in [5.74, 6) is -1.47. The van der Waals surface area contributed by atoms with Crippen LogP contribution in [0.5, 0.6) is 11.8 Å². The molecule has 0 aliphatic carbocycles. The van der Waals surface area contributed by atoms with Crippen LogP contribution in [-0.2, 0) is 20.2 Å². The summed E-state index contributed by atoms with van der Waals surface area (Å²) in [6.07, 6.45) is 4.08. The van der Waals surface area contributed by atoms with Gasteiger partial charge in [-0.05, 0) is 35.4 Å². The Morgan fingerprint density at radius 3 is 1.36 bits per heavy atom. The summed E-state index contributed by atoms with van der Waals surface area (Å²) < 4.78 is 67.7. The molecule has 0 radical (unpaired) electrons. The molecule has 4 rings (SSSR count). The minimum atomic E-state index is -4.88. The number of aromatic nitrogens is 4. The van der Waals surface area contributed by atoms with E-state index in [0.29, 0.717) is 0 Å². The summed E-state index contributed by atoms with van der Waals surface area (Å²) in [5.41, 5.74) is -3.37. The van der Waals surface area contributed by atoms with Crippen molar-refractivity contribution in [1.29, 1.82) is 0 Å². The quantitative estimate of drug-likeness (QED) is 0.0946. The standard InChI is InChI=1S/C22H16N8O10S2/c31-19-17(20(32)24-9-23-19)29-27-13-5-3-11(15(7-13)41(35,36)37)1-2-12-4-6-14(8-16(12)42(38,39)40)28-30-18-21(33)25-10-26-22(18)34/h1-10H,(H,35,36,37)(H,38,39,40)(H2,23,24,31,32)(H2,25,26,33,34). The lowest BCUT2D eigenvalue weighted by atomic mass is 10.1. The summed E-state index contributed by atoms with van der Waals surface area (Å²) in [6, 6.07) is 6.61. The second-order valence-corrected chi connectivity index (χ2v) is 10.7. The van der Waals surface area contributed by atoms with Gasteiger partial charge in [0.1, 0.15) is 9.79 Å². The van der Waals surface area contributed by atoms with Crippen LogP contribution in [0.1, 0.15) is 11.1 Å². The third-order valence-electron chi connectivity index (χ3n) is 5.14. The first-order valence-electron chi connectivity index (χ1n) is 11.0. The summed E-state index contributed by atoms with van der Waals surface area (Å²) in [6.45, 7) is 0. The zero-order valence-corrected chi connectivity index (χ0v) is 22.1. The summed E-state index contributed by atoms with van der Waals surface area (Å²) >= 11 is 0. The van der Waals surface area contributed by atoms with Gasteiger partial charge >= 0.3 is 0 Å². The molecule has 0 bridgehead atoms. The van der Waals surface area contributed by atoms with Gasteiger partial charge in [0.05, 0.1) is 24.0 Å². The van der Waals surface area contributed by atoms with Crippen LogP contribution in [0.4, 0.5) is 22.7 Å². The van der Waals surface area contributed by atoms with E-state index in [2.05, 4.69) is 40.4 Å². The van der Waals surface area contributed by atoms with Gasteiger partial charge < -0.3 is 20.2 Å². The van der Waals surface area contributed by atoms with Crippen molar-refractivity contribution < 1.29 is 36.2 Å². The minimum Gasteiger partial charge on any atom is -0.492 e. The predicted molar refractivity (Wildman–Crippen MR) is 143 cm³/mol. The lowest BCUT2D eigenvalue weighted by Gasteiger charge is -2.06. The van der Waals surface area contributed by atoms with E-state index in [1.54, 1.807) is 0 Å². The Morgan fingerprint density at radius 2 is 1.02 bits per heavy atom. The molecule has 20 heteroatoms. The fourth-order valence-corrected chi connectivity index (χ4v) is 4.64. The van der Waals surface area contributed by atoms with Crippen LogP contribution in [0.3, 0.4) is 0 Å². The highest BCUT2D eigenvalue weighted by Crippen LogP contribution is 2.29. The van der Waals surface area contributed by atoms with Gasteiger partial charge in [0.2, 0.25) is 23.1 Å². The third kappa shape index (κ3) is 6.82. The van der Waals surface area contributed by atoms with Gasteiger partial charge in [-0.25, -0.2) is 9.97 Å². The van der Waals surface area contributed by atoms with Crippen molar-refractivity contribution in [1.82, 2.24) is 19.9 Å². The molecule has 216 valence electrons. The summed E-state index contributed by atoms with van der Waals surface area (Å²) in [7, 11) is -9.75. The van der Waals surface area contributed by atoms with Gasteiger partial charge in [-0.15, -0.1) is 10.2 Å². The van der Waals surface area contributed by atoms with Crippen LogP contribution < -0.4 is 11.1 Å². The first kappa shape index (κ1) is 29.5. The molecule has 0 spiro atoms. The van der Waals surface area contributed by atoms with Gasteiger partial charge in [0.15, 0.2) is 0 Å². The molecular formula is C22H16N8O10S2. The van der Waals surface area contributed by atoms with Gasteiger partial charge in [0, 0.05) is 0 Å². The van der Waals surface area contributed by atoms with Crippen molar-refractivity contribution in [3.8, 4) is 11.8 Å². The lowest BCUT2D eigenvalue weighted by Crippen LogP contribution is -2.04. The molecule has 0 saturated carbocycles. The van der Waals surface area contributed by atoms with E-state index >= 15 is 0 Å². The van der Waals surface area contributed by atoms with E-state index < -0.39 is 64.3 Å². The van der Waals surface area contributed by atoms with E-state index in [-0.39, 0.29) is 22.5 Å². The normalized spacial score (nSPS) is 12.5. The molecule has 6 N–H and O–H groups in total. The molecule has 0 unspecified atom stereocenters. The fraction of sp³-hybridized carbons (Fsp3) is 0. The maximum atomic E-state index is 12.0. The van der Waals surface area contributed by atoms with Crippen LogP contribution in [0.15, 0.2) is 88.9 Å². The van der Waals surface area contributed by atoms with Crippen LogP contribution in [0.2, 0.25) is 0 Å². The van der Waals surface area contributed by atoms with E-state index in [0.717, 1.165) is 36.9 Å². The number of nitrogens with one attached hydrogen (secondary N) is 2. The number of hydrogen-bond acceptors (Lipinski definition) is 14. The Balaban J connectivity index is 1.71. The molecule has 0 fully saturated rings. The first-order chi connectivity index (χ1) is 19.7. The minimum absolute atomic E-state index is 0.144. The van der Waals surface area contributed by atoms with E-state index in [1.807, 2.05) is 0 Å². The van der Waals surface area contributed by atoms with Gasteiger partial charge in [-0.3, -0.25) is 18.7 Å². The van der Waals surface area contributed by atoms with Gasteiger partial charge in [-0.2, -0.15) is 27.1 Å². The lowest BCUT2D eigenvalue weighted by molar-refractivity contribution is 0.451. The van der Waals surface area contributed by atoms with Crippen LogP contribution in [0, 0.1) is 0 Å². The Bertz CT molecular complexity index is 1970. The summed E-state index contributed by atoms with van der Waals surface area (Å²) in [5, 5.41) is 33.7. The number of aromatic hydroxyl groups is 2. The van der Waals surface area contributed by atoms with E-state index in [1.165, 1.54) is 24.3 Å². The molecule has 2 aromatic heterocycles. The molecule has 0 saturated heterocycles. The largest absolute Gasteiger partial charge is 0.492 e. The topological polar surface area (TPSA) is 290 Å². The second kappa shape index (κ2) is 11.6. The molecule has 2 aromatic carbocycles. The number of azo groups is 2. The summed E-state index contributed by atoms with van der Waals surface area (Å²) in [4.78, 5) is 33.4. The highest BCUT2D eigenvalue weighted by molar-refractivity contribution is 7.86. The average molecular weight is 617 g/mol. The number of rotatable bonds is 8. The van der Waals surface area contributed by atoms with Crippen LogP contribution >= 0.6 is 0 Å². The maximum absolute atomic E-state index is 12.0. The van der Waals surface area contributed by atoms with Crippen molar-refractivity contribution in [2.45, 2.75) is 9.79 Å².